The zero-order valence-corrected chi connectivity index (χ0v) is 15.5. The number of hydrogen-bond donors (Lipinski definition) is 1. The van der Waals surface area contributed by atoms with Gasteiger partial charge < -0.3 is 19.9 Å². The summed E-state index contributed by atoms with van der Waals surface area (Å²) >= 11 is 0. The summed E-state index contributed by atoms with van der Waals surface area (Å²) < 4.78 is 5.64. The molecule has 5 nitrogen and oxygen atoms in total. The molecule has 0 saturated carbocycles. The second-order valence-corrected chi connectivity index (χ2v) is 7.82. The summed E-state index contributed by atoms with van der Waals surface area (Å²) in [5.74, 6) is 1.05. The van der Waals surface area contributed by atoms with Gasteiger partial charge in [-0.3, -0.25) is 4.99 Å². The van der Waals surface area contributed by atoms with Crippen molar-refractivity contribution in [1.82, 2.24) is 10.2 Å². The van der Waals surface area contributed by atoms with Crippen LogP contribution in [0.1, 0.15) is 25.3 Å². The molecule has 0 bridgehead atoms. The highest BCUT2D eigenvalue weighted by Gasteiger charge is 2.42. The van der Waals surface area contributed by atoms with E-state index in [2.05, 4.69) is 51.3 Å². The number of aliphatic imine (C=N–C) groups is 1. The molecule has 0 radical (unpaired) electrons. The van der Waals surface area contributed by atoms with Crippen molar-refractivity contribution in [2.24, 2.45) is 10.4 Å². The summed E-state index contributed by atoms with van der Waals surface area (Å²) in [5, 5.41) is 3.59. The van der Waals surface area contributed by atoms with Crippen molar-refractivity contribution in [2.45, 2.75) is 32.2 Å². The molecule has 1 aromatic rings. The van der Waals surface area contributed by atoms with Crippen LogP contribution in [0.5, 0.6) is 0 Å². The van der Waals surface area contributed by atoms with Crippen LogP contribution in [-0.4, -0.2) is 63.3 Å². The first-order valence-electron chi connectivity index (χ1n) is 9.59. The number of ether oxygens (including phenoxy) is 1. The van der Waals surface area contributed by atoms with Crippen molar-refractivity contribution < 1.29 is 4.74 Å². The number of guanidine groups is 1. The Hall–Kier alpha value is -1.75. The molecule has 1 spiro atoms. The van der Waals surface area contributed by atoms with Gasteiger partial charge in [-0.05, 0) is 37.8 Å². The van der Waals surface area contributed by atoms with Crippen LogP contribution < -0.4 is 10.2 Å². The minimum atomic E-state index is 0.375. The van der Waals surface area contributed by atoms with E-state index in [1.807, 2.05) is 7.05 Å². The molecule has 3 heterocycles. The third kappa shape index (κ3) is 3.22. The maximum Gasteiger partial charge on any atom is 0.193 e. The fourth-order valence-electron chi connectivity index (χ4n) is 4.68. The summed E-state index contributed by atoms with van der Waals surface area (Å²) in [6.07, 6.45) is 3.58. The van der Waals surface area contributed by atoms with E-state index >= 15 is 0 Å². The number of rotatable bonds is 3. The van der Waals surface area contributed by atoms with Crippen LogP contribution >= 0.6 is 0 Å². The molecule has 0 aliphatic carbocycles. The van der Waals surface area contributed by atoms with Crippen LogP contribution in [0.2, 0.25) is 0 Å². The summed E-state index contributed by atoms with van der Waals surface area (Å²) in [4.78, 5) is 9.46. The lowest BCUT2D eigenvalue weighted by Gasteiger charge is -2.28. The number of fused-ring (bicyclic) bond motifs is 1. The lowest BCUT2D eigenvalue weighted by molar-refractivity contribution is 0.156. The fourth-order valence-corrected chi connectivity index (χ4v) is 4.68. The van der Waals surface area contributed by atoms with Crippen LogP contribution in [-0.2, 0) is 11.2 Å². The third-order valence-corrected chi connectivity index (χ3v) is 6.12. The number of anilines is 1. The number of nitrogens with one attached hydrogen (secondary N) is 1. The summed E-state index contributed by atoms with van der Waals surface area (Å²) in [6, 6.07) is 9.37. The van der Waals surface area contributed by atoms with Crippen molar-refractivity contribution in [1.29, 1.82) is 0 Å². The maximum absolute atomic E-state index is 5.64. The Labute approximate surface area is 151 Å². The minimum Gasteiger partial charge on any atom is -0.381 e. The van der Waals surface area contributed by atoms with Gasteiger partial charge in [-0.25, -0.2) is 0 Å². The summed E-state index contributed by atoms with van der Waals surface area (Å²) in [7, 11) is 1.90. The van der Waals surface area contributed by atoms with E-state index < -0.39 is 0 Å². The molecular weight excluding hydrogens is 312 g/mol. The average Bonchev–Trinajstić information content (AvgIpc) is 3.33. The van der Waals surface area contributed by atoms with E-state index in [-0.39, 0.29) is 0 Å². The average molecular weight is 342 g/mol. The maximum atomic E-state index is 5.64. The first-order valence-corrected chi connectivity index (χ1v) is 9.59. The normalized spacial score (nSPS) is 28.9. The largest absolute Gasteiger partial charge is 0.381 e. The van der Waals surface area contributed by atoms with E-state index in [1.54, 1.807) is 0 Å². The second-order valence-electron chi connectivity index (χ2n) is 7.82. The smallest absolute Gasteiger partial charge is 0.193 e. The zero-order valence-electron chi connectivity index (χ0n) is 15.5. The summed E-state index contributed by atoms with van der Waals surface area (Å²) in [6.45, 7) is 8.26. The first kappa shape index (κ1) is 16.7. The number of likely N-dealkylation sites (tertiary alicyclic amines) is 1. The Morgan fingerprint density at radius 1 is 1.36 bits per heavy atom. The lowest BCUT2D eigenvalue weighted by Crippen LogP contribution is -2.45. The molecule has 136 valence electrons. The van der Waals surface area contributed by atoms with Crippen molar-refractivity contribution in [2.75, 3.05) is 51.3 Å². The number of benzene rings is 1. The van der Waals surface area contributed by atoms with Gasteiger partial charge >= 0.3 is 0 Å². The molecule has 5 heteroatoms. The predicted octanol–water partition coefficient (Wildman–Crippen LogP) is 2.13. The quantitative estimate of drug-likeness (QED) is 0.675. The van der Waals surface area contributed by atoms with Crippen molar-refractivity contribution in [3.63, 3.8) is 0 Å². The highest BCUT2D eigenvalue weighted by Crippen LogP contribution is 2.38. The van der Waals surface area contributed by atoms with E-state index in [9.17, 15) is 0 Å². The van der Waals surface area contributed by atoms with Gasteiger partial charge in [0.2, 0.25) is 0 Å². The van der Waals surface area contributed by atoms with Gasteiger partial charge in [0.05, 0.1) is 6.61 Å². The predicted molar refractivity (Wildman–Crippen MR) is 102 cm³/mol. The molecule has 0 aromatic heterocycles. The Balaban J connectivity index is 1.32. The molecule has 0 amide bonds. The van der Waals surface area contributed by atoms with Gasteiger partial charge in [-0.2, -0.15) is 0 Å². The number of para-hydroxylation sites is 1. The Morgan fingerprint density at radius 2 is 2.24 bits per heavy atom. The molecule has 2 atom stereocenters. The lowest BCUT2D eigenvalue weighted by atomic mass is 9.87. The van der Waals surface area contributed by atoms with E-state index in [4.69, 9.17) is 4.74 Å². The van der Waals surface area contributed by atoms with E-state index in [0.717, 1.165) is 51.8 Å². The Morgan fingerprint density at radius 3 is 3.04 bits per heavy atom. The Kier molecular flexibility index (Phi) is 4.59. The van der Waals surface area contributed by atoms with Crippen molar-refractivity contribution >= 4 is 11.6 Å². The topological polar surface area (TPSA) is 40.1 Å². The number of nitrogens with zero attached hydrogens (tertiary/aromatic N) is 3. The molecule has 3 aliphatic rings. The van der Waals surface area contributed by atoms with Crippen LogP contribution in [0.15, 0.2) is 29.3 Å². The first-order chi connectivity index (χ1) is 12.2. The molecule has 25 heavy (non-hydrogen) atoms. The van der Waals surface area contributed by atoms with E-state index in [1.165, 1.54) is 24.1 Å². The molecule has 1 N–H and O–H groups in total. The van der Waals surface area contributed by atoms with Gasteiger partial charge in [0, 0.05) is 57.0 Å². The van der Waals surface area contributed by atoms with E-state index in [0.29, 0.717) is 11.5 Å². The van der Waals surface area contributed by atoms with Crippen molar-refractivity contribution in [3.8, 4) is 0 Å². The fraction of sp³-hybridized carbons (Fsp3) is 0.650. The van der Waals surface area contributed by atoms with Crippen molar-refractivity contribution in [3.05, 3.63) is 29.8 Å². The van der Waals surface area contributed by atoms with Gasteiger partial charge in [0.25, 0.3) is 0 Å². The SMILES string of the molecule is CN=C(NCCN1c2ccccc2CC1C)N1CCC2(CCOC2)C1. The highest BCUT2D eigenvalue weighted by molar-refractivity contribution is 5.80. The summed E-state index contributed by atoms with van der Waals surface area (Å²) in [5.41, 5.74) is 3.25. The molecule has 2 fully saturated rings. The van der Waals surface area contributed by atoms with Crippen LogP contribution in [0.25, 0.3) is 0 Å². The highest BCUT2D eigenvalue weighted by atomic mass is 16.5. The molecule has 2 unspecified atom stereocenters. The number of hydrogen-bond acceptors (Lipinski definition) is 3. The van der Waals surface area contributed by atoms with Gasteiger partial charge in [-0.15, -0.1) is 0 Å². The minimum absolute atomic E-state index is 0.375. The molecule has 1 aromatic carbocycles. The standard InChI is InChI=1S/C20H30N4O/c1-16-13-17-5-3-4-6-18(17)24(16)11-9-22-19(21-2)23-10-7-20(14-23)8-12-25-15-20/h3-6,16H,7-15H2,1-2H3,(H,21,22). The van der Waals surface area contributed by atoms with Crippen LogP contribution in [0.4, 0.5) is 5.69 Å². The second kappa shape index (κ2) is 6.87. The molecule has 4 rings (SSSR count). The molecular formula is C20H30N4O. The molecule has 2 saturated heterocycles. The monoisotopic (exact) mass is 342 g/mol. The zero-order chi connectivity index (χ0) is 17.3. The molecule has 3 aliphatic heterocycles. The third-order valence-electron chi connectivity index (χ3n) is 6.12. The van der Waals surface area contributed by atoms with Crippen LogP contribution in [0.3, 0.4) is 0 Å². The Bertz CT molecular complexity index is 638. The van der Waals surface area contributed by atoms with Crippen LogP contribution in [0, 0.1) is 5.41 Å². The van der Waals surface area contributed by atoms with Gasteiger partial charge in [0.1, 0.15) is 0 Å². The van der Waals surface area contributed by atoms with Gasteiger partial charge in [-0.1, -0.05) is 18.2 Å². The van der Waals surface area contributed by atoms with Gasteiger partial charge in [0.15, 0.2) is 5.96 Å².